The number of hydrogen-bond donors (Lipinski definition) is 1. The van der Waals surface area contributed by atoms with Crippen molar-refractivity contribution < 1.29 is 4.74 Å². The lowest BCUT2D eigenvalue weighted by molar-refractivity contribution is 0.415. The maximum Gasteiger partial charge on any atom is 0.129 e. The second kappa shape index (κ2) is 6.12. The molecule has 0 unspecified atom stereocenters. The van der Waals surface area contributed by atoms with Crippen molar-refractivity contribution in [3.05, 3.63) is 56.5 Å². The summed E-state index contributed by atoms with van der Waals surface area (Å²) in [6.45, 7) is 6.43. The highest BCUT2D eigenvalue weighted by Crippen LogP contribution is 2.48. The van der Waals surface area contributed by atoms with Crippen molar-refractivity contribution in [2.24, 2.45) is 0 Å². The lowest BCUT2D eigenvalue weighted by Crippen LogP contribution is -2.30. The van der Waals surface area contributed by atoms with E-state index >= 15 is 0 Å². The molecule has 3 nitrogen and oxygen atoms in total. The van der Waals surface area contributed by atoms with Gasteiger partial charge < -0.3 is 10.1 Å². The van der Waals surface area contributed by atoms with Crippen LogP contribution in [0.3, 0.4) is 0 Å². The van der Waals surface area contributed by atoms with Crippen LogP contribution in [0.2, 0.25) is 5.02 Å². The number of halogens is 1. The number of aryl methyl sites for hydroxylation is 1. The first-order valence-corrected chi connectivity index (χ1v) is 9.88. The van der Waals surface area contributed by atoms with E-state index in [9.17, 15) is 0 Å². The number of benzene rings is 2. The van der Waals surface area contributed by atoms with E-state index in [1.165, 1.54) is 4.88 Å². The number of anilines is 1. The zero-order valence-electron chi connectivity index (χ0n) is 15.0. The van der Waals surface area contributed by atoms with Crippen molar-refractivity contribution in [2.75, 3.05) is 12.4 Å². The fourth-order valence-electron chi connectivity index (χ4n) is 3.41. The Hall–Kier alpha value is -1.82. The van der Waals surface area contributed by atoms with Crippen molar-refractivity contribution in [1.82, 2.24) is 3.96 Å². The molecule has 26 heavy (non-hydrogen) atoms. The van der Waals surface area contributed by atoms with Gasteiger partial charge in [-0.3, -0.25) is 3.96 Å². The van der Waals surface area contributed by atoms with Gasteiger partial charge in [-0.25, -0.2) is 0 Å². The number of fused-ring (bicyclic) bond motifs is 3. The number of aromatic nitrogens is 1. The Kier molecular flexibility index (Phi) is 4.14. The van der Waals surface area contributed by atoms with E-state index < -0.39 is 0 Å². The Morgan fingerprint density at radius 1 is 1.19 bits per heavy atom. The molecule has 1 aromatic heterocycles. The van der Waals surface area contributed by atoms with Crippen LogP contribution in [0, 0.1) is 11.6 Å². The molecule has 4 rings (SSSR count). The topological polar surface area (TPSA) is 26.2 Å². The molecule has 3 aromatic rings. The molecule has 0 amide bonds. The molecule has 1 aliphatic heterocycles. The molecule has 0 radical (unpaired) electrons. The molecule has 2 aromatic carbocycles. The molecule has 2 heterocycles. The Labute approximate surface area is 167 Å². The molecule has 0 saturated carbocycles. The third-order valence-corrected chi connectivity index (χ3v) is 6.89. The summed E-state index contributed by atoms with van der Waals surface area (Å²) in [7, 11) is 1.68. The van der Waals surface area contributed by atoms with Crippen LogP contribution < -0.4 is 10.1 Å². The molecule has 0 fully saturated rings. The average molecular weight is 403 g/mol. The zero-order valence-corrected chi connectivity index (χ0v) is 17.4. The average Bonchev–Trinajstić information content (AvgIpc) is 2.93. The molecular weight excluding hydrogens is 384 g/mol. The number of rotatable bonds is 2. The third-order valence-electron chi connectivity index (χ3n) is 4.70. The fraction of sp³-hybridized carbons (Fsp3) is 0.250. The predicted octanol–water partition coefficient (Wildman–Crippen LogP) is 6.57. The number of methoxy groups -OCH3 is 1. The van der Waals surface area contributed by atoms with Crippen molar-refractivity contribution in [3.63, 3.8) is 0 Å². The molecule has 0 atom stereocenters. The van der Waals surface area contributed by atoms with E-state index in [1.54, 1.807) is 18.6 Å². The second-order valence-electron chi connectivity index (χ2n) is 6.99. The van der Waals surface area contributed by atoms with E-state index in [1.807, 2.05) is 24.3 Å². The van der Waals surface area contributed by atoms with Crippen molar-refractivity contribution >= 4 is 41.0 Å². The van der Waals surface area contributed by atoms with Crippen molar-refractivity contribution in [3.8, 4) is 22.6 Å². The standard InChI is InChI=1S/C20H19ClN2OS2/c1-11-9-12(21)5-8-16(11)23-19(25)17-14-10-13(24-4)6-7-15(14)22-20(2,3)18(17)26-23/h5-10,22H,1-4H3. The molecule has 1 aliphatic rings. The molecular formula is C20H19ClN2OS2. The second-order valence-corrected chi connectivity index (χ2v) is 8.77. The van der Waals surface area contributed by atoms with Crippen LogP contribution >= 0.6 is 35.4 Å². The molecule has 0 aliphatic carbocycles. The van der Waals surface area contributed by atoms with Gasteiger partial charge in [0, 0.05) is 21.8 Å². The van der Waals surface area contributed by atoms with Gasteiger partial charge in [-0.05, 0) is 62.7 Å². The lowest BCUT2D eigenvalue weighted by atomic mass is 9.90. The summed E-state index contributed by atoms with van der Waals surface area (Å²) in [5, 5.41) is 4.37. The summed E-state index contributed by atoms with van der Waals surface area (Å²) in [4.78, 5) is 1.22. The van der Waals surface area contributed by atoms with Gasteiger partial charge in [0.1, 0.15) is 10.4 Å². The van der Waals surface area contributed by atoms with E-state index in [0.717, 1.165) is 43.5 Å². The van der Waals surface area contributed by atoms with Crippen LogP contribution in [0.4, 0.5) is 5.69 Å². The minimum Gasteiger partial charge on any atom is -0.497 e. The largest absolute Gasteiger partial charge is 0.497 e. The molecule has 134 valence electrons. The van der Waals surface area contributed by atoms with Gasteiger partial charge in [0.25, 0.3) is 0 Å². The van der Waals surface area contributed by atoms with Gasteiger partial charge in [0.05, 0.1) is 23.2 Å². The predicted molar refractivity (Wildman–Crippen MR) is 113 cm³/mol. The Morgan fingerprint density at radius 2 is 1.96 bits per heavy atom. The number of ether oxygens (including phenoxy) is 1. The highest BCUT2D eigenvalue weighted by Gasteiger charge is 2.35. The Balaban J connectivity index is 2.01. The monoisotopic (exact) mass is 402 g/mol. The maximum atomic E-state index is 6.14. The summed E-state index contributed by atoms with van der Waals surface area (Å²) in [5.41, 5.74) is 5.23. The summed E-state index contributed by atoms with van der Waals surface area (Å²) >= 11 is 13.7. The van der Waals surface area contributed by atoms with E-state index in [2.05, 4.69) is 42.2 Å². The first-order valence-electron chi connectivity index (χ1n) is 8.32. The number of hydrogen-bond acceptors (Lipinski definition) is 4. The van der Waals surface area contributed by atoms with E-state index in [-0.39, 0.29) is 5.54 Å². The van der Waals surface area contributed by atoms with Gasteiger partial charge in [0.2, 0.25) is 0 Å². The van der Waals surface area contributed by atoms with Gasteiger partial charge in [-0.1, -0.05) is 35.4 Å². The molecule has 0 spiro atoms. The summed E-state index contributed by atoms with van der Waals surface area (Å²) < 4.78 is 8.38. The maximum absolute atomic E-state index is 6.14. The summed E-state index contributed by atoms with van der Waals surface area (Å²) in [5.74, 6) is 0.825. The molecule has 0 bridgehead atoms. The van der Waals surface area contributed by atoms with E-state index in [4.69, 9.17) is 28.6 Å². The van der Waals surface area contributed by atoms with Crippen molar-refractivity contribution in [1.29, 1.82) is 0 Å². The normalized spacial score (nSPS) is 14.3. The molecule has 0 saturated heterocycles. The first kappa shape index (κ1) is 17.6. The van der Waals surface area contributed by atoms with Gasteiger partial charge in [-0.2, -0.15) is 0 Å². The van der Waals surface area contributed by atoms with Gasteiger partial charge >= 0.3 is 0 Å². The SMILES string of the molecule is COc1ccc2c(c1)-c1c(sn(-c3ccc(Cl)cc3C)c1=S)C(C)(C)N2. The third kappa shape index (κ3) is 2.66. The Morgan fingerprint density at radius 3 is 2.65 bits per heavy atom. The first-order chi connectivity index (χ1) is 12.3. The van der Waals surface area contributed by atoms with E-state index in [0.29, 0.717) is 0 Å². The smallest absolute Gasteiger partial charge is 0.129 e. The van der Waals surface area contributed by atoms with Gasteiger partial charge in [-0.15, -0.1) is 0 Å². The summed E-state index contributed by atoms with van der Waals surface area (Å²) in [6.07, 6.45) is 0. The summed E-state index contributed by atoms with van der Waals surface area (Å²) in [6, 6.07) is 12.0. The highest BCUT2D eigenvalue weighted by atomic mass is 35.5. The fourth-order valence-corrected chi connectivity index (χ4v) is 5.36. The number of nitrogens with zero attached hydrogens (tertiary/aromatic N) is 1. The van der Waals surface area contributed by atoms with Crippen LogP contribution in [0.25, 0.3) is 16.8 Å². The van der Waals surface area contributed by atoms with Crippen LogP contribution in [-0.2, 0) is 5.54 Å². The molecule has 1 N–H and O–H groups in total. The minimum atomic E-state index is -0.208. The van der Waals surface area contributed by atoms with Crippen LogP contribution in [-0.4, -0.2) is 11.1 Å². The quantitative estimate of drug-likeness (QED) is 0.491. The Bertz CT molecular complexity index is 1080. The highest BCUT2D eigenvalue weighted by molar-refractivity contribution is 7.71. The number of nitrogens with one attached hydrogen (secondary N) is 1. The lowest BCUT2D eigenvalue weighted by Gasteiger charge is -2.33. The van der Waals surface area contributed by atoms with Crippen molar-refractivity contribution in [2.45, 2.75) is 26.3 Å². The van der Waals surface area contributed by atoms with Crippen LogP contribution in [0.1, 0.15) is 24.3 Å². The van der Waals surface area contributed by atoms with Crippen LogP contribution in [0.5, 0.6) is 5.75 Å². The van der Waals surface area contributed by atoms with Gasteiger partial charge in [0.15, 0.2) is 0 Å². The zero-order chi connectivity index (χ0) is 18.6. The minimum absolute atomic E-state index is 0.208. The van der Waals surface area contributed by atoms with Crippen LogP contribution in [0.15, 0.2) is 36.4 Å². The molecule has 6 heteroatoms.